The van der Waals surface area contributed by atoms with Crippen molar-refractivity contribution < 1.29 is 4.92 Å². The SMILES string of the molecule is CN(c1ccccc1[N+](=O)[O-])C1CCCC1. The molecule has 1 aliphatic carbocycles. The van der Waals surface area contributed by atoms with Crippen LogP contribution in [0.2, 0.25) is 0 Å². The number of nitro groups is 1. The lowest BCUT2D eigenvalue weighted by Crippen LogP contribution is -2.29. The Kier molecular flexibility index (Phi) is 3.08. The molecule has 1 aromatic carbocycles. The van der Waals surface area contributed by atoms with Crippen molar-refractivity contribution in [2.75, 3.05) is 11.9 Å². The van der Waals surface area contributed by atoms with E-state index >= 15 is 0 Å². The summed E-state index contributed by atoms with van der Waals surface area (Å²) >= 11 is 0. The number of hydrogen-bond acceptors (Lipinski definition) is 3. The Bertz CT molecular complexity index is 386. The van der Waals surface area contributed by atoms with Crippen molar-refractivity contribution in [3.8, 4) is 0 Å². The summed E-state index contributed by atoms with van der Waals surface area (Å²) in [7, 11) is 1.96. The zero-order valence-electron chi connectivity index (χ0n) is 9.43. The van der Waals surface area contributed by atoms with Crippen molar-refractivity contribution in [2.24, 2.45) is 0 Å². The highest BCUT2D eigenvalue weighted by Crippen LogP contribution is 2.32. The summed E-state index contributed by atoms with van der Waals surface area (Å²) in [5, 5.41) is 10.9. The van der Waals surface area contributed by atoms with Crippen molar-refractivity contribution in [3.63, 3.8) is 0 Å². The van der Waals surface area contributed by atoms with Gasteiger partial charge in [-0.2, -0.15) is 0 Å². The fourth-order valence-electron chi connectivity index (χ4n) is 2.41. The molecule has 0 atom stereocenters. The maximum Gasteiger partial charge on any atom is 0.292 e. The van der Waals surface area contributed by atoms with Gasteiger partial charge in [0.2, 0.25) is 0 Å². The second-order valence-electron chi connectivity index (χ2n) is 4.30. The summed E-state index contributed by atoms with van der Waals surface area (Å²) in [5.41, 5.74) is 0.941. The fourth-order valence-corrected chi connectivity index (χ4v) is 2.41. The van der Waals surface area contributed by atoms with Gasteiger partial charge in [0.05, 0.1) is 4.92 Å². The predicted molar refractivity (Wildman–Crippen MR) is 63.8 cm³/mol. The Balaban J connectivity index is 2.27. The summed E-state index contributed by atoms with van der Waals surface area (Å²) in [6.07, 6.45) is 4.75. The third-order valence-corrected chi connectivity index (χ3v) is 3.33. The van der Waals surface area contributed by atoms with Gasteiger partial charge >= 0.3 is 0 Å². The van der Waals surface area contributed by atoms with E-state index in [9.17, 15) is 10.1 Å². The van der Waals surface area contributed by atoms with Crippen LogP contribution in [0.1, 0.15) is 25.7 Å². The molecule has 4 heteroatoms. The van der Waals surface area contributed by atoms with Gasteiger partial charge in [0.1, 0.15) is 5.69 Å². The molecule has 1 aromatic rings. The molecule has 1 fully saturated rings. The van der Waals surface area contributed by atoms with E-state index in [0.717, 1.165) is 18.5 Å². The highest BCUT2D eigenvalue weighted by Gasteiger charge is 2.24. The van der Waals surface area contributed by atoms with Crippen LogP contribution < -0.4 is 4.90 Å². The van der Waals surface area contributed by atoms with Gasteiger partial charge in [0, 0.05) is 19.2 Å². The van der Waals surface area contributed by atoms with Crippen LogP contribution in [0.15, 0.2) is 24.3 Å². The van der Waals surface area contributed by atoms with Gasteiger partial charge < -0.3 is 4.90 Å². The second kappa shape index (κ2) is 4.51. The number of benzene rings is 1. The molecule has 0 spiro atoms. The molecule has 0 unspecified atom stereocenters. The van der Waals surface area contributed by atoms with E-state index in [1.165, 1.54) is 12.8 Å². The van der Waals surface area contributed by atoms with E-state index in [1.807, 2.05) is 19.2 Å². The summed E-state index contributed by atoms with van der Waals surface area (Å²) in [5.74, 6) is 0. The second-order valence-corrected chi connectivity index (χ2v) is 4.30. The lowest BCUT2D eigenvalue weighted by atomic mass is 10.1. The average molecular weight is 220 g/mol. The van der Waals surface area contributed by atoms with E-state index in [2.05, 4.69) is 4.90 Å². The van der Waals surface area contributed by atoms with Crippen molar-refractivity contribution in [1.29, 1.82) is 0 Å². The van der Waals surface area contributed by atoms with Crippen LogP contribution >= 0.6 is 0 Å². The molecular formula is C12H16N2O2. The van der Waals surface area contributed by atoms with Gasteiger partial charge in [0.15, 0.2) is 0 Å². The van der Waals surface area contributed by atoms with Crippen LogP contribution in [-0.4, -0.2) is 18.0 Å². The maximum atomic E-state index is 10.9. The van der Waals surface area contributed by atoms with Crippen molar-refractivity contribution in [1.82, 2.24) is 0 Å². The quantitative estimate of drug-likeness (QED) is 0.581. The average Bonchev–Trinajstić information content (AvgIpc) is 2.81. The largest absolute Gasteiger partial charge is 0.366 e. The molecule has 0 heterocycles. The molecule has 0 saturated heterocycles. The minimum atomic E-state index is -0.305. The standard InChI is InChI=1S/C12H16N2O2/c1-13(10-6-2-3-7-10)11-8-4-5-9-12(11)14(15)16/h4-5,8-10H,2-3,6-7H2,1H3. The van der Waals surface area contributed by atoms with Crippen LogP contribution in [0.3, 0.4) is 0 Å². The number of rotatable bonds is 3. The van der Waals surface area contributed by atoms with Crippen LogP contribution in [0.4, 0.5) is 11.4 Å². The molecule has 4 nitrogen and oxygen atoms in total. The Morgan fingerprint density at radius 3 is 2.56 bits per heavy atom. The lowest BCUT2D eigenvalue weighted by molar-refractivity contribution is -0.384. The van der Waals surface area contributed by atoms with Gasteiger partial charge in [-0.15, -0.1) is 0 Å². The zero-order chi connectivity index (χ0) is 11.5. The fraction of sp³-hybridized carbons (Fsp3) is 0.500. The summed E-state index contributed by atoms with van der Waals surface area (Å²) in [6, 6.07) is 7.43. The van der Waals surface area contributed by atoms with Crippen LogP contribution in [0, 0.1) is 10.1 Å². The Morgan fingerprint density at radius 2 is 1.94 bits per heavy atom. The summed E-state index contributed by atoms with van der Waals surface area (Å²) in [4.78, 5) is 12.7. The molecule has 1 aliphatic rings. The summed E-state index contributed by atoms with van der Waals surface area (Å²) < 4.78 is 0. The highest BCUT2D eigenvalue weighted by atomic mass is 16.6. The van der Waals surface area contributed by atoms with Gasteiger partial charge in [-0.05, 0) is 18.9 Å². The van der Waals surface area contributed by atoms with Crippen LogP contribution in [-0.2, 0) is 0 Å². The Hall–Kier alpha value is -1.58. The monoisotopic (exact) mass is 220 g/mol. The molecule has 0 bridgehead atoms. The minimum absolute atomic E-state index is 0.205. The smallest absolute Gasteiger partial charge is 0.292 e. The van der Waals surface area contributed by atoms with E-state index in [4.69, 9.17) is 0 Å². The Labute approximate surface area is 95.0 Å². The van der Waals surface area contributed by atoms with Crippen molar-refractivity contribution in [2.45, 2.75) is 31.7 Å². The first kappa shape index (κ1) is 10.9. The van der Waals surface area contributed by atoms with E-state index in [-0.39, 0.29) is 10.6 Å². The normalized spacial score (nSPS) is 16.3. The van der Waals surface area contributed by atoms with E-state index in [0.29, 0.717) is 6.04 Å². The molecule has 0 aromatic heterocycles. The van der Waals surface area contributed by atoms with Gasteiger partial charge in [0.25, 0.3) is 5.69 Å². The third-order valence-electron chi connectivity index (χ3n) is 3.33. The third kappa shape index (κ3) is 2.01. The highest BCUT2D eigenvalue weighted by molar-refractivity contribution is 5.63. The molecule has 0 N–H and O–H groups in total. The molecule has 86 valence electrons. The molecule has 2 rings (SSSR count). The van der Waals surface area contributed by atoms with Gasteiger partial charge in [-0.25, -0.2) is 0 Å². The lowest BCUT2D eigenvalue weighted by Gasteiger charge is -2.25. The number of nitro benzene ring substituents is 1. The van der Waals surface area contributed by atoms with Crippen molar-refractivity contribution >= 4 is 11.4 Å². The van der Waals surface area contributed by atoms with E-state index in [1.54, 1.807) is 12.1 Å². The zero-order valence-corrected chi connectivity index (χ0v) is 9.43. The number of nitrogens with zero attached hydrogens (tertiary/aromatic N) is 2. The Morgan fingerprint density at radius 1 is 1.31 bits per heavy atom. The first-order valence-corrected chi connectivity index (χ1v) is 5.66. The van der Waals surface area contributed by atoms with Crippen LogP contribution in [0.5, 0.6) is 0 Å². The molecule has 0 aliphatic heterocycles. The first-order chi connectivity index (χ1) is 7.70. The van der Waals surface area contributed by atoms with E-state index < -0.39 is 0 Å². The number of para-hydroxylation sites is 2. The summed E-state index contributed by atoms with van der Waals surface area (Å²) in [6.45, 7) is 0. The van der Waals surface area contributed by atoms with Crippen LogP contribution in [0.25, 0.3) is 0 Å². The molecule has 16 heavy (non-hydrogen) atoms. The van der Waals surface area contributed by atoms with Crippen molar-refractivity contribution in [3.05, 3.63) is 34.4 Å². The molecular weight excluding hydrogens is 204 g/mol. The molecule has 1 saturated carbocycles. The number of anilines is 1. The van der Waals surface area contributed by atoms with Gasteiger partial charge in [-0.3, -0.25) is 10.1 Å². The molecule has 0 amide bonds. The minimum Gasteiger partial charge on any atom is -0.366 e. The molecule has 0 radical (unpaired) electrons. The number of hydrogen-bond donors (Lipinski definition) is 0. The maximum absolute atomic E-state index is 10.9. The topological polar surface area (TPSA) is 46.4 Å². The first-order valence-electron chi connectivity index (χ1n) is 5.66. The van der Waals surface area contributed by atoms with Gasteiger partial charge in [-0.1, -0.05) is 25.0 Å². The predicted octanol–water partition coefficient (Wildman–Crippen LogP) is 2.97.